The third-order valence-electron chi connectivity index (χ3n) is 9.47. The molecule has 41 heavy (non-hydrogen) atoms. The molecule has 2 N–H and O–H groups in total. The summed E-state index contributed by atoms with van der Waals surface area (Å²) in [7, 11) is 3.58. The summed E-state index contributed by atoms with van der Waals surface area (Å²) in [5, 5.41) is 20.1. The number of aliphatic hydroxyl groups excluding tert-OH is 1. The van der Waals surface area contributed by atoms with E-state index in [9.17, 15) is 19.5 Å². The van der Waals surface area contributed by atoms with E-state index in [-0.39, 0.29) is 48.8 Å². The van der Waals surface area contributed by atoms with Crippen LogP contribution >= 0.6 is 0 Å². The number of hydrogen-bond acceptors (Lipinski definition) is 10. The van der Waals surface area contributed by atoms with Crippen LogP contribution in [0, 0.1) is 29.1 Å². The molecule has 0 aromatic carbocycles. The lowest BCUT2D eigenvalue weighted by Gasteiger charge is -2.47. The quantitative estimate of drug-likeness (QED) is 0.351. The molecule has 3 fully saturated rings. The molecule has 0 saturated carbocycles. The third kappa shape index (κ3) is 7.67. The molecular weight excluding hydrogens is 532 g/mol. The van der Waals surface area contributed by atoms with Crippen molar-refractivity contribution in [3.63, 3.8) is 0 Å². The van der Waals surface area contributed by atoms with Gasteiger partial charge in [0.25, 0.3) is 0 Å². The molecule has 0 spiro atoms. The second-order valence-corrected chi connectivity index (χ2v) is 13.6. The van der Waals surface area contributed by atoms with Gasteiger partial charge < -0.3 is 29.2 Å². The Morgan fingerprint density at radius 2 is 1.73 bits per heavy atom. The van der Waals surface area contributed by atoms with Gasteiger partial charge in [0, 0.05) is 44.6 Å². The van der Waals surface area contributed by atoms with Gasteiger partial charge in [0.2, 0.25) is 0 Å². The summed E-state index contributed by atoms with van der Waals surface area (Å²) in [6, 6.07) is -0.134. The number of methoxy groups -OCH3 is 1. The Hall–Kier alpha value is -1.63. The van der Waals surface area contributed by atoms with Crippen molar-refractivity contribution in [1.29, 1.82) is 0 Å². The number of nitrogens with zero attached hydrogens (tertiary/aromatic N) is 2. The number of likely N-dealkylation sites (tertiary alicyclic amines) is 1. The monoisotopic (exact) mass is 584 g/mol. The predicted octanol–water partition coefficient (Wildman–Crippen LogP) is 2.04. The predicted molar refractivity (Wildman–Crippen MR) is 151 cm³/mol. The number of rotatable bonds is 6. The maximum absolute atomic E-state index is 14.0. The Bertz CT molecular complexity index is 939. The SMILES string of the molecule is CO[C@]1(C)C[C@@H](C)CN(C)[C@H](C2CN(CC(=O)O)C2)COC(=O)C(C)(C)C(=O)[C@H](C)[C@H]1O[C@@H]1O[C@H](C)C[C@H](C)[C@H]1O. The fourth-order valence-corrected chi connectivity index (χ4v) is 6.99. The summed E-state index contributed by atoms with van der Waals surface area (Å²) in [6.45, 7) is 14.7. The van der Waals surface area contributed by atoms with E-state index in [0.717, 1.165) is 0 Å². The molecule has 11 heteroatoms. The highest BCUT2D eigenvalue weighted by Gasteiger charge is 2.51. The molecule has 3 heterocycles. The van der Waals surface area contributed by atoms with E-state index >= 15 is 0 Å². The van der Waals surface area contributed by atoms with Gasteiger partial charge in [-0.3, -0.25) is 24.2 Å². The molecule has 236 valence electrons. The van der Waals surface area contributed by atoms with Crippen molar-refractivity contribution in [3.05, 3.63) is 0 Å². The van der Waals surface area contributed by atoms with Crippen molar-refractivity contribution >= 4 is 17.7 Å². The molecule has 3 rings (SSSR count). The first kappa shape index (κ1) is 33.9. The van der Waals surface area contributed by atoms with E-state index in [1.165, 1.54) is 0 Å². The van der Waals surface area contributed by atoms with Gasteiger partial charge in [0.05, 0.1) is 24.4 Å². The van der Waals surface area contributed by atoms with Crippen molar-refractivity contribution < 1.29 is 43.5 Å². The van der Waals surface area contributed by atoms with E-state index in [4.69, 9.17) is 24.1 Å². The maximum atomic E-state index is 14.0. The Morgan fingerprint density at radius 3 is 2.32 bits per heavy atom. The number of carboxylic acids is 1. The summed E-state index contributed by atoms with van der Waals surface area (Å²) in [6.07, 6.45) is -1.51. The van der Waals surface area contributed by atoms with Crippen LogP contribution in [0.2, 0.25) is 0 Å². The molecule has 0 aliphatic carbocycles. The van der Waals surface area contributed by atoms with Gasteiger partial charge in [-0.1, -0.05) is 20.8 Å². The molecule has 0 aromatic rings. The first-order valence-corrected chi connectivity index (χ1v) is 14.9. The minimum Gasteiger partial charge on any atom is -0.480 e. The van der Waals surface area contributed by atoms with Gasteiger partial charge in [-0.25, -0.2) is 0 Å². The Balaban J connectivity index is 1.93. The van der Waals surface area contributed by atoms with Crippen molar-refractivity contribution in [2.45, 2.75) is 97.6 Å². The highest BCUT2D eigenvalue weighted by Crippen LogP contribution is 2.39. The van der Waals surface area contributed by atoms with Gasteiger partial charge >= 0.3 is 11.9 Å². The number of carbonyl (C=O) groups excluding carboxylic acids is 2. The Morgan fingerprint density at radius 1 is 1.10 bits per heavy atom. The number of ketones is 1. The number of carboxylic acid groups (broad SMARTS) is 1. The molecular formula is C30H52N2O9. The van der Waals surface area contributed by atoms with Crippen LogP contribution in [-0.4, -0.2) is 121 Å². The van der Waals surface area contributed by atoms with E-state index in [1.807, 2.05) is 32.7 Å². The van der Waals surface area contributed by atoms with Crippen LogP contribution in [0.3, 0.4) is 0 Å². The second-order valence-electron chi connectivity index (χ2n) is 13.6. The van der Waals surface area contributed by atoms with Crippen LogP contribution in [-0.2, 0) is 33.3 Å². The first-order valence-electron chi connectivity index (χ1n) is 14.9. The normalized spacial score (nSPS) is 40.5. The minimum absolute atomic E-state index is 0.0207. The van der Waals surface area contributed by atoms with Gasteiger partial charge in [0.15, 0.2) is 12.1 Å². The van der Waals surface area contributed by atoms with Gasteiger partial charge in [0.1, 0.15) is 18.1 Å². The van der Waals surface area contributed by atoms with E-state index in [2.05, 4.69) is 11.8 Å². The molecule has 11 nitrogen and oxygen atoms in total. The number of aliphatic carboxylic acids is 1. The molecule has 0 amide bonds. The average molecular weight is 585 g/mol. The van der Waals surface area contributed by atoms with Gasteiger partial charge in [-0.05, 0) is 59.4 Å². The van der Waals surface area contributed by atoms with Crippen molar-refractivity contribution in [1.82, 2.24) is 9.80 Å². The number of aliphatic hydroxyl groups is 1. The van der Waals surface area contributed by atoms with Crippen molar-refractivity contribution in [2.24, 2.45) is 29.1 Å². The minimum atomic E-state index is -1.46. The fraction of sp³-hybridized carbons (Fsp3) is 0.900. The van der Waals surface area contributed by atoms with E-state index < -0.39 is 47.4 Å². The lowest BCUT2D eigenvalue weighted by Crippen LogP contribution is -2.59. The maximum Gasteiger partial charge on any atom is 0.319 e. The van der Waals surface area contributed by atoms with Gasteiger partial charge in [-0.15, -0.1) is 0 Å². The molecule has 9 atom stereocenters. The second kappa shape index (κ2) is 13.3. The summed E-state index contributed by atoms with van der Waals surface area (Å²) < 4.78 is 24.5. The van der Waals surface area contributed by atoms with Crippen LogP contribution in [0.1, 0.15) is 61.3 Å². The summed E-state index contributed by atoms with van der Waals surface area (Å²) in [4.78, 5) is 42.6. The first-order chi connectivity index (χ1) is 19.0. The standard InChI is InChI=1S/C30H52N2O9/c1-17-11-30(7,38-9)26(41-27-24(35)18(2)10-19(3)40-27)20(4)25(36)29(5,6)28(37)39-16-22(31(8)12-17)21-13-32(14-21)15-23(33)34/h17-22,24,26-27,35H,10-16H2,1-9H3,(H,33,34)/t17-,18+,19-,20+,22+,24-,26-,27+,30-/m1/s1. The fourth-order valence-electron chi connectivity index (χ4n) is 6.99. The van der Waals surface area contributed by atoms with Crippen LogP contribution in [0.15, 0.2) is 0 Å². The number of hydrogen-bond donors (Lipinski definition) is 2. The molecule has 0 bridgehead atoms. The molecule has 3 aliphatic heterocycles. The Kier molecular flexibility index (Phi) is 11.0. The molecule has 0 aromatic heterocycles. The zero-order chi connectivity index (χ0) is 30.9. The van der Waals surface area contributed by atoms with Crippen molar-refractivity contribution in [2.75, 3.05) is 46.9 Å². The van der Waals surface area contributed by atoms with E-state index in [0.29, 0.717) is 32.5 Å². The number of carbonyl (C=O) groups is 3. The number of likely N-dealkylation sites (N-methyl/N-ethyl adjacent to an activating group) is 1. The molecule has 0 unspecified atom stereocenters. The number of cyclic esters (lactones) is 1. The molecule has 0 radical (unpaired) electrons. The summed E-state index contributed by atoms with van der Waals surface area (Å²) in [5.74, 6) is -2.43. The van der Waals surface area contributed by atoms with Gasteiger partial charge in [-0.2, -0.15) is 0 Å². The summed E-state index contributed by atoms with van der Waals surface area (Å²) in [5.41, 5.74) is -2.40. The number of Topliss-reactive ketones (excluding diaryl/α,β-unsaturated/α-hetero) is 1. The van der Waals surface area contributed by atoms with E-state index in [1.54, 1.807) is 27.9 Å². The lowest BCUT2D eigenvalue weighted by atomic mass is 9.74. The number of esters is 1. The van der Waals surface area contributed by atoms with Crippen LogP contribution < -0.4 is 0 Å². The summed E-state index contributed by atoms with van der Waals surface area (Å²) >= 11 is 0. The Labute approximate surface area is 244 Å². The zero-order valence-corrected chi connectivity index (χ0v) is 26.3. The number of ether oxygens (including phenoxy) is 4. The smallest absolute Gasteiger partial charge is 0.319 e. The third-order valence-corrected chi connectivity index (χ3v) is 9.47. The van der Waals surface area contributed by atoms with Crippen LogP contribution in [0.5, 0.6) is 0 Å². The largest absolute Gasteiger partial charge is 0.480 e. The average Bonchev–Trinajstić information content (AvgIpc) is 2.86. The topological polar surface area (TPSA) is 135 Å². The van der Waals surface area contributed by atoms with Crippen LogP contribution in [0.25, 0.3) is 0 Å². The lowest BCUT2D eigenvalue weighted by molar-refractivity contribution is -0.295. The highest BCUT2D eigenvalue weighted by atomic mass is 16.7. The van der Waals surface area contributed by atoms with Crippen LogP contribution in [0.4, 0.5) is 0 Å². The zero-order valence-electron chi connectivity index (χ0n) is 26.3. The van der Waals surface area contributed by atoms with Crippen molar-refractivity contribution in [3.8, 4) is 0 Å². The molecule has 3 saturated heterocycles. The molecule has 3 aliphatic rings. The highest BCUT2D eigenvalue weighted by molar-refractivity contribution is 6.04.